The lowest BCUT2D eigenvalue weighted by molar-refractivity contribution is -0.129. The first-order valence-corrected chi connectivity index (χ1v) is 11.6. The van der Waals surface area contributed by atoms with E-state index < -0.39 is 5.97 Å². The number of cyclic esters (lactones) is 1. The van der Waals surface area contributed by atoms with Crippen molar-refractivity contribution in [1.29, 1.82) is 0 Å². The van der Waals surface area contributed by atoms with Crippen LogP contribution in [0.15, 0.2) is 80.3 Å². The Balaban J connectivity index is 1.61. The largest absolute Gasteiger partial charge is 0.490 e. The lowest BCUT2D eigenvalue weighted by atomic mass is 10.1. The fourth-order valence-corrected chi connectivity index (χ4v) is 3.98. The average Bonchev–Trinajstić information content (AvgIpc) is 3.14. The van der Waals surface area contributed by atoms with Gasteiger partial charge in [-0.05, 0) is 88.6 Å². The number of benzene rings is 3. The number of aliphatic imine (C=N–C) groups is 1. The molecule has 0 saturated carbocycles. The topological polar surface area (TPSA) is 57.1 Å². The highest BCUT2D eigenvalue weighted by Gasteiger charge is 2.24. The lowest BCUT2D eigenvalue weighted by Gasteiger charge is -2.15. The molecule has 3 aromatic carbocycles. The lowest BCUT2D eigenvalue weighted by Crippen LogP contribution is -2.05. The molecule has 0 radical (unpaired) electrons. The molecule has 4 rings (SSSR count). The first-order chi connectivity index (χ1) is 15.9. The first-order valence-electron chi connectivity index (χ1n) is 10.0. The van der Waals surface area contributed by atoms with Crippen molar-refractivity contribution in [1.82, 2.24) is 0 Å². The second-order valence-electron chi connectivity index (χ2n) is 7.02. The molecule has 0 aliphatic carbocycles. The van der Waals surface area contributed by atoms with Gasteiger partial charge in [0.25, 0.3) is 0 Å². The van der Waals surface area contributed by atoms with Gasteiger partial charge >= 0.3 is 5.97 Å². The molecular formula is C25H18Br2FNO4. The van der Waals surface area contributed by atoms with Crippen LogP contribution in [-0.2, 0) is 16.1 Å². The average molecular weight is 575 g/mol. The van der Waals surface area contributed by atoms with Crippen molar-refractivity contribution in [2.45, 2.75) is 13.5 Å². The van der Waals surface area contributed by atoms with Crippen LogP contribution in [0.25, 0.3) is 6.08 Å². The van der Waals surface area contributed by atoms with E-state index in [4.69, 9.17) is 14.2 Å². The summed E-state index contributed by atoms with van der Waals surface area (Å²) in [5.41, 5.74) is 2.25. The van der Waals surface area contributed by atoms with Crippen LogP contribution in [-0.4, -0.2) is 18.5 Å². The predicted molar refractivity (Wildman–Crippen MR) is 131 cm³/mol. The molecule has 168 valence electrons. The van der Waals surface area contributed by atoms with E-state index in [1.807, 2.05) is 31.2 Å². The van der Waals surface area contributed by atoms with E-state index >= 15 is 0 Å². The standard InChI is InChI=1S/C25H18Br2FNO4/c1-2-31-22-13-16(11-20(27)23(22)32-14-15-4-3-5-19(28)10-15)12-21-25(30)33-24(29-21)17-6-8-18(26)9-7-17/h3-13H,2,14H2,1H3/b21-12-. The van der Waals surface area contributed by atoms with Crippen molar-refractivity contribution < 1.29 is 23.4 Å². The van der Waals surface area contributed by atoms with Crippen LogP contribution in [0.2, 0.25) is 0 Å². The maximum Gasteiger partial charge on any atom is 0.363 e. The summed E-state index contributed by atoms with van der Waals surface area (Å²) >= 11 is 6.89. The first kappa shape index (κ1) is 23.2. The number of ether oxygens (including phenoxy) is 3. The molecule has 0 spiro atoms. The minimum absolute atomic E-state index is 0.171. The van der Waals surface area contributed by atoms with Gasteiger partial charge in [-0.25, -0.2) is 14.2 Å². The highest BCUT2D eigenvalue weighted by molar-refractivity contribution is 9.10. The third kappa shape index (κ3) is 5.69. The molecule has 8 heteroatoms. The van der Waals surface area contributed by atoms with Gasteiger partial charge in [-0.15, -0.1) is 0 Å². The maximum absolute atomic E-state index is 13.5. The molecule has 1 aliphatic heterocycles. The SMILES string of the molecule is CCOc1cc(/C=C2\N=C(c3ccc(Br)cc3)OC2=O)cc(Br)c1OCc1cccc(F)c1. The molecule has 0 saturated heterocycles. The molecule has 0 bridgehead atoms. The van der Waals surface area contributed by atoms with Crippen molar-refractivity contribution in [3.8, 4) is 11.5 Å². The minimum Gasteiger partial charge on any atom is -0.490 e. The predicted octanol–water partition coefficient (Wildman–Crippen LogP) is 6.67. The van der Waals surface area contributed by atoms with Crippen molar-refractivity contribution in [2.75, 3.05) is 6.61 Å². The van der Waals surface area contributed by atoms with Gasteiger partial charge in [-0.3, -0.25) is 0 Å². The fourth-order valence-electron chi connectivity index (χ4n) is 3.14. The Bertz CT molecular complexity index is 1260. The number of rotatable bonds is 7. The molecule has 1 aliphatic rings. The van der Waals surface area contributed by atoms with Crippen LogP contribution in [0.1, 0.15) is 23.6 Å². The summed E-state index contributed by atoms with van der Waals surface area (Å²) in [6.45, 7) is 2.44. The van der Waals surface area contributed by atoms with Gasteiger partial charge in [-0.1, -0.05) is 28.1 Å². The fraction of sp³-hybridized carbons (Fsp3) is 0.120. The van der Waals surface area contributed by atoms with E-state index in [0.29, 0.717) is 39.3 Å². The van der Waals surface area contributed by atoms with Crippen LogP contribution in [0.3, 0.4) is 0 Å². The number of carbonyl (C=O) groups is 1. The monoisotopic (exact) mass is 573 g/mol. The van der Waals surface area contributed by atoms with Gasteiger partial charge in [0.1, 0.15) is 12.4 Å². The molecule has 5 nitrogen and oxygen atoms in total. The molecule has 0 unspecified atom stereocenters. The van der Waals surface area contributed by atoms with E-state index in [1.54, 1.807) is 30.3 Å². The van der Waals surface area contributed by atoms with Crippen molar-refractivity contribution in [3.63, 3.8) is 0 Å². The Morgan fingerprint density at radius 2 is 1.85 bits per heavy atom. The highest BCUT2D eigenvalue weighted by atomic mass is 79.9. The van der Waals surface area contributed by atoms with E-state index in [9.17, 15) is 9.18 Å². The number of nitrogens with zero attached hydrogens (tertiary/aromatic N) is 1. The summed E-state index contributed by atoms with van der Waals surface area (Å²) in [7, 11) is 0. The van der Waals surface area contributed by atoms with E-state index in [0.717, 1.165) is 4.47 Å². The Labute approximate surface area is 207 Å². The Kier molecular flexibility index (Phi) is 7.25. The van der Waals surface area contributed by atoms with Crippen LogP contribution < -0.4 is 9.47 Å². The zero-order valence-corrected chi connectivity index (χ0v) is 20.7. The van der Waals surface area contributed by atoms with Crippen LogP contribution in [0.4, 0.5) is 4.39 Å². The van der Waals surface area contributed by atoms with Crippen LogP contribution >= 0.6 is 31.9 Å². The van der Waals surface area contributed by atoms with Gasteiger partial charge in [0.05, 0.1) is 11.1 Å². The van der Waals surface area contributed by atoms with Crippen LogP contribution in [0, 0.1) is 5.82 Å². The molecule has 0 fully saturated rings. The smallest absolute Gasteiger partial charge is 0.363 e. The Morgan fingerprint density at radius 1 is 1.06 bits per heavy atom. The Morgan fingerprint density at radius 3 is 2.58 bits per heavy atom. The molecule has 0 aromatic heterocycles. The number of halogens is 3. The number of hydrogen-bond donors (Lipinski definition) is 0. The van der Waals surface area contributed by atoms with Gasteiger partial charge < -0.3 is 14.2 Å². The second-order valence-corrected chi connectivity index (χ2v) is 8.79. The summed E-state index contributed by atoms with van der Waals surface area (Å²) in [5, 5.41) is 0. The van der Waals surface area contributed by atoms with E-state index in [2.05, 4.69) is 36.9 Å². The van der Waals surface area contributed by atoms with Crippen LogP contribution in [0.5, 0.6) is 11.5 Å². The molecule has 33 heavy (non-hydrogen) atoms. The van der Waals surface area contributed by atoms with Crippen molar-refractivity contribution >= 4 is 49.8 Å². The van der Waals surface area contributed by atoms with Gasteiger partial charge in [0.2, 0.25) is 5.90 Å². The Hall–Kier alpha value is -2.97. The molecule has 0 atom stereocenters. The molecule has 0 N–H and O–H groups in total. The number of esters is 1. The van der Waals surface area contributed by atoms with Gasteiger partial charge in [0.15, 0.2) is 17.2 Å². The van der Waals surface area contributed by atoms with Crippen molar-refractivity contribution in [2.24, 2.45) is 4.99 Å². The minimum atomic E-state index is -0.534. The second kappa shape index (κ2) is 10.3. The van der Waals surface area contributed by atoms with E-state index in [1.165, 1.54) is 12.1 Å². The zero-order valence-electron chi connectivity index (χ0n) is 17.5. The quantitative estimate of drug-likeness (QED) is 0.233. The molecular weight excluding hydrogens is 557 g/mol. The third-order valence-corrected chi connectivity index (χ3v) is 5.74. The summed E-state index contributed by atoms with van der Waals surface area (Å²) in [6.07, 6.45) is 1.62. The summed E-state index contributed by atoms with van der Waals surface area (Å²) in [6, 6.07) is 17.1. The molecule has 1 heterocycles. The summed E-state index contributed by atoms with van der Waals surface area (Å²) in [5.74, 6) is 0.356. The van der Waals surface area contributed by atoms with Gasteiger partial charge in [-0.2, -0.15) is 0 Å². The normalized spacial score (nSPS) is 14.2. The third-order valence-electron chi connectivity index (χ3n) is 4.62. The number of carbonyl (C=O) groups excluding carboxylic acids is 1. The van der Waals surface area contributed by atoms with E-state index in [-0.39, 0.29) is 24.0 Å². The summed E-state index contributed by atoms with van der Waals surface area (Å²) < 4.78 is 32.0. The van der Waals surface area contributed by atoms with Gasteiger partial charge in [0, 0.05) is 10.0 Å². The highest BCUT2D eigenvalue weighted by Crippen LogP contribution is 2.38. The van der Waals surface area contributed by atoms with Crippen molar-refractivity contribution in [3.05, 3.63) is 97.8 Å². The molecule has 0 amide bonds. The maximum atomic E-state index is 13.5. The molecule has 3 aromatic rings. The number of hydrogen-bond acceptors (Lipinski definition) is 5. The summed E-state index contributed by atoms with van der Waals surface area (Å²) in [4.78, 5) is 16.7. The zero-order chi connectivity index (χ0) is 23.4.